The van der Waals surface area contributed by atoms with Crippen molar-refractivity contribution in [2.75, 3.05) is 20.1 Å². The summed E-state index contributed by atoms with van der Waals surface area (Å²) in [5.41, 5.74) is 12.2. The first-order valence-electron chi connectivity index (χ1n) is 5.47. The number of nitrogens with zero attached hydrogens (tertiary/aromatic N) is 2. The third-order valence-corrected chi connectivity index (χ3v) is 2.38. The van der Waals surface area contributed by atoms with E-state index in [-0.39, 0.29) is 12.4 Å². The van der Waals surface area contributed by atoms with Gasteiger partial charge in [0.25, 0.3) is 0 Å². The van der Waals surface area contributed by atoms with Crippen molar-refractivity contribution in [3.05, 3.63) is 35.9 Å². The van der Waals surface area contributed by atoms with Crippen molar-refractivity contribution < 1.29 is 0 Å². The molecule has 0 fully saturated rings. The Bertz CT molecular complexity index is 385. The van der Waals surface area contributed by atoms with Crippen molar-refractivity contribution >= 4 is 11.8 Å². The van der Waals surface area contributed by atoms with E-state index in [1.165, 1.54) is 5.56 Å². The number of amidine groups is 1. The van der Waals surface area contributed by atoms with Crippen LogP contribution in [0, 0.1) is 5.41 Å². The molecule has 0 amide bonds. The van der Waals surface area contributed by atoms with Gasteiger partial charge in [-0.3, -0.25) is 5.41 Å². The molecule has 0 aromatic heterocycles. The number of guanidine groups is 1. The molecule has 5 nitrogen and oxygen atoms in total. The highest BCUT2D eigenvalue weighted by molar-refractivity contribution is 5.84. The molecule has 0 aliphatic carbocycles. The number of rotatable bonds is 5. The van der Waals surface area contributed by atoms with Crippen LogP contribution >= 0.6 is 0 Å². The Kier molecular flexibility index (Phi) is 5.00. The third-order valence-electron chi connectivity index (χ3n) is 2.38. The first-order chi connectivity index (χ1) is 8.09. The maximum atomic E-state index is 7.06. The maximum absolute atomic E-state index is 7.06. The first-order valence-corrected chi connectivity index (χ1v) is 5.47. The van der Waals surface area contributed by atoms with Crippen molar-refractivity contribution in [3.63, 3.8) is 0 Å². The number of nitrogens with two attached hydrogens (primary N) is 2. The fourth-order valence-electron chi connectivity index (χ4n) is 1.34. The minimum Gasteiger partial charge on any atom is -0.386 e. The van der Waals surface area contributed by atoms with Gasteiger partial charge in [0.1, 0.15) is 5.84 Å². The van der Waals surface area contributed by atoms with E-state index in [1.54, 1.807) is 0 Å². The number of likely N-dealkylation sites (N-methyl/N-ethyl adjacent to an activating group) is 1. The van der Waals surface area contributed by atoms with Crippen molar-refractivity contribution in [2.24, 2.45) is 16.5 Å². The Balaban J connectivity index is 2.41. The molecule has 0 bridgehead atoms. The summed E-state index contributed by atoms with van der Waals surface area (Å²) in [5.74, 6) is 0.431. The summed E-state index contributed by atoms with van der Waals surface area (Å²) in [7, 11) is 1.88. The minimum absolute atomic E-state index is 0.0180. The molecule has 0 saturated carbocycles. The molecule has 92 valence electrons. The molecule has 0 atom stereocenters. The van der Waals surface area contributed by atoms with Gasteiger partial charge in [-0.25, -0.2) is 4.99 Å². The Morgan fingerprint density at radius 1 is 1.29 bits per heavy atom. The van der Waals surface area contributed by atoms with Crippen LogP contribution in [0.3, 0.4) is 0 Å². The normalized spacial score (nSPS) is 11.2. The maximum Gasteiger partial charge on any atom is 0.191 e. The molecular weight excluding hydrogens is 214 g/mol. The van der Waals surface area contributed by atoms with Crippen LogP contribution in [-0.2, 0) is 6.42 Å². The molecule has 1 aromatic rings. The number of benzene rings is 1. The highest BCUT2D eigenvalue weighted by Gasteiger charge is 2.02. The summed E-state index contributed by atoms with van der Waals surface area (Å²) in [6.45, 7) is 0.943. The topological polar surface area (TPSA) is 91.5 Å². The van der Waals surface area contributed by atoms with Gasteiger partial charge in [-0.05, 0) is 12.0 Å². The zero-order valence-electron chi connectivity index (χ0n) is 10.1. The molecule has 0 aliphatic heterocycles. The summed E-state index contributed by atoms with van der Waals surface area (Å²) in [4.78, 5) is 5.86. The lowest BCUT2D eigenvalue weighted by Gasteiger charge is -2.17. The molecule has 1 rings (SSSR count). The van der Waals surface area contributed by atoms with E-state index in [0.29, 0.717) is 5.96 Å². The Morgan fingerprint density at radius 2 is 1.94 bits per heavy atom. The summed E-state index contributed by atoms with van der Waals surface area (Å²) < 4.78 is 0. The van der Waals surface area contributed by atoms with E-state index in [0.717, 1.165) is 13.0 Å². The molecule has 0 unspecified atom stereocenters. The average Bonchev–Trinajstić information content (AvgIpc) is 2.34. The van der Waals surface area contributed by atoms with E-state index in [2.05, 4.69) is 17.1 Å². The van der Waals surface area contributed by atoms with Gasteiger partial charge in [0.2, 0.25) is 0 Å². The number of hydrogen-bond acceptors (Lipinski definition) is 2. The van der Waals surface area contributed by atoms with Crippen LogP contribution in [0.1, 0.15) is 5.56 Å². The van der Waals surface area contributed by atoms with Gasteiger partial charge in [-0.2, -0.15) is 0 Å². The second kappa shape index (κ2) is 6.52. The van der Waals surface area contributed by atoms with Gasteiger partial charge in [-0.1, -0.05) is 30.3 Å². The molecule has 0 heterocycles. The zero-order valence-corrected chi connectivity index (χ0v) is 10.1. The van der Waals surface area contributed by atoms with Crippen LogP contribution < -0.4 is 11.5 Å². The molecular formula is C12H19N5. The van der Waals surface area contributed by atoms with Crippen LogP contribution in [0.25, 0.3) is 0 Å². The lowest BCUT2D eigenvalue weighted by atomic mass is 10.1. The Morgan fingerprint density at radius 3 is 2.53 bits per heavy atom. The third kappa shape index (κ3) is 5.01. The molecule has 0 aliphatic rings. The van der Waals surface area contributed by atoms with Gasteiger partial charge >= 0.3 is 0 Å². The summed E-state index contributed by atoms with van der Waals surface area (Å²) in [6.07, 6.45) is 0.910. The van der Waals surface area contributed by atoms with E-state index >= 15 is 0 Å². The van der Waals surface area contributed by atoms with Crippen LogP contribution in [0.15, 0.2) is 35.3 Å². The Labute approximate surface area is 102 Å². The van der Waals surface area contributed by atoms with Crippen molar-refractivity contribution in [3.8, 4) is 0 Å². The van der Waals surface area contributed by atoms with Gasteiger partial charge < -0.3 is 16.4 Å². The van der Waals surface area contributed by atoms with E-state index in [1.807, 2.05) is 30.1 Å². The minimum atomic E-state index is 0.0180. The number of hydrogen-bond donors (Lipinski definition) is 3. The summed E-state index contributed by atoms with van der Waals surface area (Å²) >= 11 is 0. The molecule has 5 N–H and O–H groups in total. The molecule has 1 aromatic carbocycles. The predicted octanol–water partition coefficient (Wildman–Crippen LogP) is 0.412. The van der Waals surface area contributed by atoms with E-state index in [9.17, 15) is 0 Å². The van der Waals surface area contributed by atoms with Gasteiger partial charge in [0.15, 0.2) is 5.96 Å². The lowest BCUT2D eigenvalue weighted by Crippen LogP contribution is -2.36. The summed E-state index contributed by atoms with van der Waals surface area (Å²) in [6, 6.07) is 10.2. The van der Waals surface area contributed by atoms with Crippen LogP contribution in [0.4, 0.5) is 0 Å². The standard InChI is InChI=1S/C12H19N5/c1-17(12(15)16-9-11(13)14)8-7-10-5-3-2-4-6-10/h2-6H,7-9H2,1H3,(H3,13,14)(H2,15,16). The molecule has 0 radical (unpaired) electrons. The smallest absolute Gasteiger partial charge is 0.191 e. The van der Waals surface area contributed by atoms with Crippen LogP contribution in [-0.4, -0.2) is 36.8 Å². The first kappa shape index (κ1) is 13.0. The zero-order chi connectivity index (χ0) is 12.7. The summed E-state index contributed by atoms with van der Waals surface area (Å²) in [5, 5.41) is 7.06. The number of nitrogens with one attached hydrogen (secondary N) is 1. The van der Waals surface area contributed by atoms with Crippen molar-refractivity contribution in [1.82, 2.24) is 4.90 Å². The molecule has 0 saturated heterocycles. The van der Waals surface area contributed by atoms with Gasteiger partial charge in [-0.15, -0.1) is 0 Å². The molecule has 17 heavy (non-hydrogen) atoms. The fourth-order valence-corrected chi connectivity index (χ4v) is 1.34. The number of aliphatic imine (C=N–C) groups is 1. The van der Waals surface area contributed by atoms with Crippen molar-refractivity contribution in [2.45, 2.75) is 6.42 Å². The van der Waals surface area contributed by atoms with E-state index in [4.69, 9.17) is 16.9 Å². The highest BCUT2D eigenvalue weighted by atomic mass is 15.2. The second-order valence-electron chi connectivity index (χ2n) is 3.86. The quantitative estimate of drug-likeness (QED) is 0.508. The predicted molar refractivity (Wildman–Crippen MR) is 71.2 cm³/mol. The van der Waals surface area contributed by atoms with Crippen LogP contribution in [0.2, 0.25) is 0 Å². The average molecular weight is 233 g/mol. The Hall–Kier alpha value is -2.04. The van der Waals surface area contributed by atoms with Crippen molar-refractivity contribution in [1.29, 1.82) is 5.41 Å². The van der Waals surface area contributed by atoms with E-state index < -0.39 is 0 Å². The van der Waals surface area contributed by atoms with Gasteiger partial charge in [0.05, 0.1) is 6.54 Å². The molecule has 0 spiro atoms. The van der Waals surface area contributed by atoms with Gasteiger partial charge in [0, 0.05) is 13.6 Å². The SMILES string of the molecule is CN(CCc1ccccc1)C(N)=NCC(=N)N. The highest BCUT2D eigenvalue weighted by Crippen LogP contribution is 2.00. The lowest BCUT2D eigenvalue weighted by molar-refractivity contribution is 0.501. The molecule has 5 heteroatoms. The monoisotopic (exact) mass is 233 g/mol. The largest absolute Gasteiger partial charge is 0.386 e. The second-order valence-corrected chi connectivity index (χ2v) is 3.86. The van der Waals surface area contributed by atoms with Crippen LogP contribution in [0.5, 0.6) is 0 Å². The fraction of sp³-hybridized carbons (Fsp3) is 0.333.